The van der Waals surface area contributed by atoms with E-state index in [0.29, 0.717) is 26.2 Å². The molecule has 4 nitrogen and oxygen atoms in total. The van der Waals surface area contributed by atoms with Gasteiger partial charge in [-0.15, -0.1) is 0 Å². The molecule has 2 saturated heterocycles. The van der Waals surface area contributed by atoms with Crippen LogP contribution in [-0.4, -0.2) is 41.2 Å². The fourth-order valence-electron chi connectivity index (χ4n) is 4.04. The molecule has 0 spiro atoms. The molecule has 0 radical (unpaired) electrons. The van der Waals surface area contributed by atoms with Crippen molar-refractivity contribution in [3.8, 4) is 0 Å². The Morgan fingerprint density at radius 1 is 1.22 bits per heavy atom. The van der Waals surface area contributed by atoms with Crippen LogP contribution < -0.4 is 0 Å². The maximum atomic E-state index is 13.3. The van der Waals surface area contributed by atoms with E-state index in [0.717, 1.165) is 24.8 Å². The van der Waals surface area contributed by atoms with Crippen LogP contribution in [0.15, 0.2) is 24.3 Å². The zero-order valence-electron chi connectivity index (χ0n) is 13.1. The molecule has 3 fully saturated rings. The lowest BCUT2D eigenvalue weighted by Crippen LogP contribution is -2.40. The number of benzene rings is 1. The van der Waals surface area contributed by atoms with Crippen molar-refractivity contribution >= 4 is 11.8 Å². The Labute approximate surface area is 135 Å². The smallest absolute Gasteiger partial charge is 0.228 e. The molecule has 0 bridgehead atoms. The number of rotatable bonds is 3. The molecule has 0 unspecified atom stereocenters. The highest BCUT2D eigenvalue weighted by atomic mass is 19.1. The standard InChI is InChI=1S/C18H21FN2O2/c19-15-6-1-3-12(7-15)8-20-9-14-10-21(11-16(14)18(20)23)17(22)13-4-2-5-13/h1,3,6-7,13-14,16H,2,4-5,8-11H2/t14-,16+/m1/s1. The number of hydrogen-bond donors (Lipinski definition) is 0. The highest BCUT2D eigenvalue weighted by molar-refractivity contribution is 5.85. The fraction of sp³-hybridized carbons (Fsp3) is 0.556. The molecule has 0 aromatic heterocycles. The molecule has 1 aromatic rings. The quantitative estimate of drug-likeness (QED) is 0.856. The van der Waals surface area contributed by atoms with E-state index in [4.69, 9.17) is 0 Å². The summed E-state index contributed by atoms with van der Waals surface area (Å²) in [5.41, 5.74) is 0.820. The van der Waals surface area contributed by atoms with Gasteiger partial charge in [0, 0.05) is 38.0 Å². The molecule has 5 heteroatoms. The normalized spacial score (nSPS) is 27.3. The van der Waals surface area contributed by atoms with Gasteiger partial charge in [-0.05, 0) is 30.5 Å². The molecule has 2 heterocycles. The van der Waals surface area contributed by atoms with Crippen LogP contribution in [0, 0.1) is 23.6 Å². The third-order valence-corrected chi connectivity index (χ3v) is 5.55. The fourth-order valence-corrected chi connectivity index (χ4v) is 4.04. The Morgan fingerprint density at radius 3 is 2.70 bits per heavy atom. The minimum absolute atomic E-state index is 0.0624. The van der Waals surface area contributed by atoms with Gasteiger partial charge in [-0.2, -0.15) is 0 Å². The Hall–Kier alpha value is -1.91. The number of hydrogen-bond acceptors (Lipinski definition) is 2. The van der Waals surface area contributed by atoms with Crippen LogP contribution in [0.1, 0.15) is 24.8 Å². The van der Waals surface area contributed by atoms with Crippen LogP contribution in [0.4, 0.5) is 4.39 Å². The van der Waals surface area contributed by atoms with Gasteiger partial charge in [-0.3, -0.25) is 9.59 Å². The average molecular weight is 316 g/mol. The van der Waals surface area contributed by atoms with Gasteiger partial charge in [0.2, 0.25) is 11.8 Å². The predicted octanol–water partition coefficient (Wildman–Crippen LogP) is 2.04. The molecular formula is C18H21FN2O2. The summed E-state index contributed by atoms with van der Waals surface area (Å²) in [4.78, 5) is 28.6. The summed E-state index contributed by atoms with van der Waals surface area (Å²) in [6.45, 7) is 2.40. The lowest BCUT2D eigenvalue weighted by molar-refractivity contribution is -0.138. The van der Waals surface area contributed by atoms with Gasteiger partial charge in [-0.25, -0.2) is 4.39 Å². The van der Waals surface area contributed by atoms with Crippen molar-refractivity contribution < 1.29 is 14.0 Å². The summed E-state index contributed by atoms with van der Waals surface area (Å²) in [7, 11) is 0. The van der Waals surface area contributed by atoms with Gasteiger partial charge in [0.15, 0.2) is 0 Å². The van der Waals surface area contributed by atoms with E-state index in [1.807, 2.05) is 15.9 Å². The summed E-state index contributed by atoms with van der Waals surface area (Å²) in [6.07, 6.45) is 3.16. The summed E-state index contributed by atoms with van der Waals surface area (Å²) in [6, 6.07) is 6.41. The van der Waals surface area contributed by atoms with Crippen LogP contribution in [0.5, 0.6) is 0 Å². The molecule has 23 heavy (non-hydrogen) atoms. The number of nitrogens with zero attached hydrogens (tertiary/aromatic N) is 2. The van der Waals surface area contributed by atoms with Crippen molar-refractivity contribution in [3.05, 3.63) is 35.6 Å². The van der Waals surface area contributed by atoms with Crippen LogP contribution in [-0.2, 0) is 16.1 Å². The highest BCUT2D eigenvalue weighted by Gasteiger charge is 2.48. The first kappa shape index (κ1) is 14.7. The zero-order chi connectivity index (χ0) is 16.0. The van der Waals surface area contributed by atoms with E-state index in [1.54, 1.807) is 6.07 Å². The topological polar surface area (TPSA) is 40.6 Å². The third-order valence-electron chi connectivity index (χ3n) is 5.55. The number of halogens is 1. The first-order valence-electron chi connectivity index (χ1n) is 8.44. The number of amides is 2. The van der Waals surface area contributed by atoms with Crippen molar-refractivity contribution in [1.82, 2.24) is 9.80 Å². The molecule has 0 N–H and O–H groups in total. The molecule has 2 amide bonds. The van der Waals surface area contributed by atoms with Gasteiger partial charge >= 0.3 is 0 Å². The Bertz CT molecular complexity index is 644. The third kappa shape index (κ3) is 2.62. The van der Waals surface area contributed by atoms with E-state index in [-0.39, 0.29) is 35.4 Å². The van der Waals surface area contributed by atoms with E-state index in [9.17, 15) is 14.0 Å². The van der Waals surface area contributed by atoms with Crippen LogP contribution in [0.3, 0.4) is 0 Å². The predicted molar refractivity (Wildman–Crippen MR) is 82.7 cm³/mol. The van der Waals surface area contributed by atoms with Crippen molar-refractivity contribution in [2.75, 3.05) is 19.6 Å². The van der Waals surface area contributed by atoms with Gasteiger partial charge in [0.25, 0.3) is 0 Å². The van der Waals surface area contributed by atoms with Gasteiger partial charge < -0.3 is 9.80 Å². The molecule has 1 saturated carbocycles. The largest absolute Gasteiger partial charge is 0.341 e. The maximum absolute atomic E-state index is 13.3. The minimum atomic E-state index is -0.272. The second kappa shape index (κ2) is 5.62. The van der Waals surface area contributed by atoms with Crippen LogP contribution >= 0.6 is 0 Å². The zero-order valence-corrected chi connectivity index (χ0v) is 13.1. The number of carbonyl (C=O) groups is 2. The van der Waals surface area contributed by atoms with E-state index >= 15 is 0 Å². The highest BCUT2D eigenvalue weighted by Crippen LogP contribution is 2.36. The van der Waals surface area contributed by atoms with Crippen LogP contribution in [0.2, 0.25) is 0 Å². The van der Waals surface area contributed by atoms with Crippen molar-refractivity contribution in [2.45, 2.75) is 25.8 Å². The molecule has 3 aliphatic rings. The maximum Gasteiger partial charge on any atom is 0.228 e. The number of carbonyl (C=O) groups excluding carboxylic acids is 2. The molecule has 2 atom stereocenters. The number of fused-ring (bicyclic) bond motifs is 1. The molecular weight excluding hydrogens is 295 g/mol. The van der Waals surface area contributed by atoms with E-state index < -0.39 is 0 Å². The molecule has 122 valence electrons. The van der Waals surface area contributed by atoms with E-state index in [2.05, 4.69) is 0 Å². The summed E-state index contributed by atoms with van der Waals surface area (Å²) >= 11 is 0. The summed E-state index contributed by atoms with van der Waals surface area (Å²) < 4.78 is 13.3. The first-order valence-corrected chi connectivity index (χ1v) is 8.44. The Morgan fingerprint density at radius 2 is 2.04 bits per heavy atom. The lowest BCUT2D eigenvalue weighted by atomic mass is 9.84. The summed E-state index contributed by atoms with van der Waals surface area (Å²) in [5.74, 6) is 0.463. The van der Waals surface area contributed by atoms with Gasteiger partial charge in [0.05, 0.1) is 5.92 Å². The SMILES string of the molecule is O=C(C1CCC1)N1C[C@H]2CN(Cc3cccc(F)c3)C(=O)[C@H]2C1. The second-order valence-electron chi connectivity index (χ2n) is 7.09. The summed E-state index contributed by atoms with van der Waals surface area (Å²) in [5, 5.41) is 0. The molecule has 1 aromatic carbocycles. The van der Waals surface area contributed by atoms with Crippen LogP contribution in [0.25, 0.3) is 0 Å². The Balaban J connectivity index is 1.39. The monoisotopic (exact) mass is 316 g/mol. The molecule has 2 aliphatic heterocycles. The van der Waals surface area contributed by atoms with E-state index in [1.165, 1.54) is 12.1 Å². The lowest BCUT2D eigenvalue weighted by Gasteiger charge is -2.30. The van der Waals surface area contributed by atoms with Gasteiger partial charge in [0.1, 0.15) is 5.82 Å². The van der Waals surface area contributed by atoms with Crippen molar-refractivity contribution in [1.29, 1.82) is 0 Å². The average Bonchev–Trinajstić information content (AvgIpc) is 2.98. The van der Waals surface area contributed by atoms with Crippen molar-refractivity contribution in [2.24, 2.45) is 17.8 Å². The van der Waals surface area contributed by atoms with Gasteiger partial charge in [-0.1, -0.05) is 18.6 Å². The van der Waals surface area contributed by atoms with Crippen molar-refractivity contribution in [3.63, 3.8) is 0 Å². The molecule has 4 rings (SSSR count). The number of likely N-dealkylation sites (tertiary alicyclic amines) is 2. The minimum Gasteiger partial charge on any atom is -0.341 e. The Kier molecular flexibility index (Phi) is 3.58. The second-order valence-corrected chi connectivity index (χ2v) is 7.09. The molecule has 1 aliphatic carbocycles. The first-order chi connectivity index (χ1) is 11.1.